The van der Waals surface area contributed by atoms with Crippen LogP contribution in [0.5, 0.6) is 0 Å². The second-order valence-corrected chi connectivity index (χ2v) is 4.50. The quantitative estimate of drug-likeness (QED) is 0.832. The van der Waals surface area contributed by atoms with Crippen LogP contribution in [-0.4, -0.2) is 12.5 Å². The summed E-state index contributed by atoms with van der Waals surface area (Å²) in [5.74, 6) is 4.85. The molecular weight excluding hydrogens is 267 g/mol. The van der Waals surface area contributed by atoms with E-state index in [1.54, 1.807) is 31.2 Å². The van der Waals surface area contributed by atoms with Gasteiger partial charge in [-0.2, -0.15) is 0 Å². The average molecular weight is 282 g/mol. The van der Waals surface area contributed by atoms with E-state index in [0.29, 0.717) is 16.8 Å². The van der Waals surface area contributed by atoms with Gasteiger partial charge in [0.05, 0.1) is 6.54 Å². The number of aryl methyl sites for hydroxylation is 1. The predicted octanol–water partition coefficient (Wildman–Crippen LogP) is 2.70. The molecule has 0 aliphatic rings. The Morgan fingerprint density at radius 2 is 2.10 bits per heavy atom. The van der Waals surface area contributed by atoms with Gasteiger partial charge >= 0.3 is 0 Å². The van der Waals surface area contributed by atoms with E-state index in [0.717, 1.165) is 5.56 Å². The van der Waals surface area contributed by atoms with Crippen molar-refractivity contribution in [2.45, 2.75) is 6.92 Å². The van der Waals surface area contributed by atoms with Gasteiger partial charge in [0.2, 0.25) is 0 Å². The summed E-state index contributed by atoms with van der Waals surface area (Å²) < 4.78 is 13.2. The van der Waals surface area contributed by atoms with E-state index < -0.39 is 5.82 Å². The molecule has 3 N–H and O–H groups in total. The molecule has 0 radical (unpaired) electrons. The monoisotopic (exact) mass is 282 g/mol. The molecule has 3 nitrogen and oxygen atoms in total. The van der Waals surface area contributed by atoms with Gasteiger partial charge in [-0.1, -0.05) is 24.0 Å². The lowest BCUT2D eigenvalue weighted by Crippen LogP contribution is -2.13. The molecule has 0 unspecified atom stereocenters. The Balaban J connectivity index is 2.21. The summed E-state index contributed by atoms with van der Waals surface area (Å²) in [5, 5.41) is 2.74. The van der Waals surface area contributed by atoms with E-state index in [2.05, 4.69) is 17.2 Å². The van der Waals surface area contributed by atoms with E-state index in [-0.39, 0.29) is 12.5 Å². The fourth-order valence-electron chi connectivity index (χ4n) is 1.87. The smallest absolute Gasteiger partial charge is 0.256 e. The molecule has 1 amide bonds. The van der Waals surface area contributed by atoms with Crippen molar-refractivity contribution in [3.8, 4) is 11.8 Å². The second kappa shape index (κ2) is 6.69. The van der Waals surface area contributed by atoms with E-state index in [4.69, 9.17) is 5.73 Å². The van der Waals surface area contributed by atoms with Gasteiger partial charge in [0.25, 0.3) is 5.91 Å². The maximum absolute atomic E-state index is 13.2. The minimum absolute atomic E-state index is 0.277. The molecule has 0 aliphatic heterocycles. The summed E-state index contributed by atoms with van der Waals surface area (Å²) in [6.45, 7) is 2.04. The number of nitrogens with two attached hydrogens (primary N) is 1. The molecule has 0 saturated carbocycles. The maximum atomic E-state index is 13.2. The highest BCUT2D eigenvalue weighted by Gasteiger charge is 2.10. The fourth-order valence-corrected chi connectivity index (χ4v) is 1.87. The Labute approximate surface area is 123 Å². The Bertz CT molecular complexity index is 729. The normalized spacial score (nSPS) is 9.67. The molecule has 0 aromatic heterocycles. The number of benzene rings is 2. The summed E-state index contributed by atoms with van der Waals surface area (Å²) in [7, 11) is 0. The Kier molecular flexibility index (Phi) is 4.70. The van der Waals surface area contributed by atoms with Crippen LogP contribution >= 0.6 is 0 Å². The predicted molar refractivity (Wildman–Crippen MR) is 81.5 cm³/mol. The molecule has 2 aromatic rings. The van der Waals surface area contributed by atoms with Gasteiger partial charge in [0.15, 0.2) is 0 Å². The average Bonchev–Trinajstić information content (AvgIpc) is 2.48. The minimum Gasteiger partial charge on any atom is -0.322 e. The Hall–Kier alpha value is -2.64. The third-order valence-electron chi connectivity index (χ3n) is 2.90. The van der Waals surface area contributed by atoms with E-state index in [1.165, 1.54) is 12.1 Å². The molecule has 2 rings (SSSR count). The zero-order chi connectivity index (χ0) is 15.2. The molecule has 0 heterocycles. The van der Waals surface area contributed by atoms with Crippen molar-refractivity contribution in [3.05, 3.63) is 65.0 Å². The molecule has 0 fully saturated rings. The SMILES string of the molecule is Cc1ccc(F)cc1C(=O)Nc1cccc(C#CCN)c1. The first-order valence-corrected chi connectivity index (χ1v) is 6.46. The van der Waals surface area contributed by atoms with Gasteiger partial charge in [-0.05, 0) is 42.8 Å². The van der Waals surface area contributed by atoms with Crippen LogP contribution in [0.25, 0.3) is 0 Å². The number of hydrogen-bond acceptors (Lipinski definition) is 2. The van der Waals surface area contributed by atoms with Gasteiger partial charge in [0.1, 0.15) is 5.82 Å². The van der Waals surface area contributed by atoms with Crippen molar-refractivity contribution in [1.29, 1.82) is 0 Å². The third-order valence-corrected chi connectivity index (χ3v) is 2.90. The molecule has 0 bridgehead atoms. The standard InChI is InChI=1S/C17H15FN2O/c1-12-7-8-14(18)11-16(12)17(21)20-15-6-2-4-13(10-15)5-3-9-19/h2,4,6-8,10-11H,9,19H2,1H3,(H,20,21). The fraction of sp³-hybridized carbons (Fsp3) is 0.118. The molecule has 0 saturated heterocycles. The lowest BCUT2D eigenvalue weighted by molar-refractivity contribution is 0.102. The van der Waals surface area contributed by atoms with Crippen LogP contribution in [0.2, 0.25) is 0 Å². The molecule has 0 aliphatic carbocycles. The highest BCUT2D eigenvalue weighted by atomic mass is 19.1. The van der Waals surface area contributed by atoms with Crippen LogP contribution in [0, 0.1) is 24.6 Å². The summed E-state index contributed by atoms with van der Waals surface area (Å²) in [5.41, 5.74) is 7.71. The number of nitrogens with one attached hydrogen (secondary N) is 1. The number of amides is 1. The van der Waals surface area contributed by atoms with E-state index >= 15 is 0 Å². The summed E-state index contributed by atoms with van der Waals surface area (Å²) >= 11 is 0. The first-order valence-electron chi connectivity index (χ1n) is 6.46. The van der Waals surface area contributed by atoms with Gasteiger partial charge in [-0.25, -0.2) is 4.39 Å². The van der Waals surface area contributed by atoms with Crippen LogP contribution < -0.4 is 11.1 Å². The summed E-state index contributed by atoms with van der Waals surface area (Å²) in [6.07, 6.45) is 0. The highest BCUT2D eigenvalue weighted by molar-refractivity contribution is 6.05. The van der Waals surface area contributed by atoms with E-state index in [1.807, 2.05) is 6.07 Å². The van der Waals surface area contributed by atoms with Crippen LogP contribution in [-0.2, 0) is 0 Å². The van der Waals surface area contributed by atoms with Crippen molar-refractivity contribution < 1.29 is 9.18 Å². The number of hydrogen-bond donors (Lipinski definition) is 2. The van der Waals surface area contributed by atoms with Gasteiger partial charge in [0, 0.05) is 16.8 Å². The lowest BCUT2D eigenvalue weighted by Gasteiger charge is -2.08. The number of carbonyl (C=O) groups excluding carboxylic acids is 1. The molecular formula is C17H15FN2O. The second-order valence-electron chi connectivity index (χ2n) is 4.50. The van der Waals surface area contributed by atoms with Crippen molar-refractivity contribution >= 4 is 11.6 Å². The topological polar surface area (TPSA) is 55.1 Å². The van der Waals surface area contributed by atoms with Crippen molar-refractivity contribution in [1.82, 2.24) is 0 Å². The van der Waals surface area contributed by atoms with Crippen LogP contribution in [0.4, 0.5) is 10.1 Å². The van der Waals surface area contributed by atoms with Crippen LogP contribution in [0.3, 0.4) is 0 Å². The third kappa shape index (κ3) is 3.91. The first kappa shape index (κ1) is 14.8. The Morgan fingerprint density at radius 3 is 2.86 bits per heavy atom. The molecule has 0 atom stereocenters. The van der Waals surface area contributed by atoms with Gasteiger partial charge in [-0.3, -0.25) is 4.79 Å². The highest BCUT2D eigenvalue weighted by Crippen LogP contribution is 2.15. The van der Waals surface area contributed by atoms with Crippen LogP contribution in [0.1, 0.15) is 21.5 Å². The van der Waals surface area contributed by atoms with Gasteiger partial charge < -0.3 is 11.1 Å². The van der Waals surface area contributed by atoms with Crippen molar-refractivity contribution in [3.63, 3.8) is 0 Å². The molecule has 2 aromatic carbocycles. The maximum Gasteiger partial charge on any atom is 0.256 e. The number of carbonyl (C=O) groups is 1. The number of anilines is 1. The largest absolute Gasteiger partial charge is 0.322 e. The summed E-state index contributed by atoms with van der Waals surface area (Å²) in [4.78, 5) is 12.2. The van der Waals surface area contributed by atoms with Crippen molar-refractivity contribution in [2.24, 2.45) is 5.73 Å². The van der Waals surface area contributed by atoms with Crippen LogP contribution in [0.15, 0.2) is 42.5 Å². The number of halogens is 1. The lowest BCUT2D eigenvalue weighted by atomic mass is 10.1. The molecule has 21 heavy (non-hydrogen) atoms. The van der Waals surface area contributed by atoms with Gasteiger partial charge in [-0.15, -0.1) is 0 Å². The van der Waals surface area contributed by atoms with E-state index in [9.17, 15) is 9.18 Å². The zero-order valence-corrected chi connectivity index (χ0v) is 11.6. The molecule has 106 valence electrons. The van der Waals surface area contributed by atoms with Crippen molar-refractivity contribution in [2.75, 3.05) is 11.9 Å². The number of rotatable bonds is 2. The first-order chi connectivity index (χ1) is 10.1. The molecule has 0 spiro atoms. The minimum atomic E-state index is -0.437. The zero-order valence-electron chi connectivity index (χ0n) is 11.6. The molecule has 4 heteroatoms. The summed E-state index contributed by atoms with van der Waals surface area (Å²) in [6, 6.07) is 11.2. The Morgan fingerprint density at radius 1 is 1.29 bits per heavy atom.